The van der Waals surface area contributed by atoms with Crippen LogP contribution in [0.15, 0.2) is 10.9 Å². The number of pyridine rings is 1. The molecule has 0 bridgehead atoms. The van der Waals surface area contributed by atoms with Crippen LogP contribution in [0.5, 0.6) is 5.88 Å². The number of aromatic hydroxyl groups is 1. The Morgan fingerprint density at radius 2 is 2.00 bits per heavy atom. The molecule has 0 radical (unpaired) electrons. The zero-order valence-corrected chi connectivity index (χ0v) is 6.33. The van der Waals surface area contributed by atoms with E-state index >= 15 is 0 Å². The van der Waals surface area contributed by atoms with Gasteiger partial charge in [-0.3, -0.25) is 4.79 Å². The van der Waals surface area contributed by atoms with Crippen molar-refractivity contribution < 1.29 is 10.3 Å². The molecule has 2 N–H and O–H groups in total. The minimum atomic E-state index is -0.620. The van der Waals surface area contributed by atoms with Gasteiger partial charge in [0, 0.05) is 11.6 Å². The Labute approximate surface area is 63.3 Å². The van der Waals surface area contributed by atoms with Crippen molar-refractivity contribution in [3.8, 4) is 5.88 Å². The average molecular weight is 155 g/mol. The highest BCUT2D eigenvalue weighted by atomic mass is 16.5. The van der Waals surface area contributed by atoms with Gasteiger partial charge in [0.2, 0.25) is 5.88 Å². The summed E-state index contributed by atoms with van der Waals surface area (Å²) < 4.78 is 0.225. The number of aryl methyl sites for hydroxylation is 1. The van der Waals surface area contributed by atoms with Gasteiger partial charge in [-0.25, -0.2) is 0 Å². The highest BCUT2D eigenvalue weighted by molar-refractivity contribution is 5.31. The van der Waals surface area contributed by atoms with Gasteiger partial charge in [-0.1, -0.05) is 0 Å². The van der Waals surface area contributed by atoms with Crippen molar-refractivity contribution in [3.63, 3.8) is 0 Å². The lowest BCUT2D eigenvalue weighted by Crippen LogP contribution is -2.17. The number of rotatable bonds is 0. The molecule has 1 heterocycles. The molecule has 1 aromatic rings. The molecule has 0 fully saturated rings. The molecule has 0 spiro atoms. The summed E-state index contributed by atoms with van der Waals surface area (Å²) in [7, 11) is 0. The zero-order valence-electron chi connectivity index (χ0n) is 6.33. The van der Waals surface area contributed by atoms with Crippen molar-refractivity contribution in [1.82, 2.24) is 4.73 Å². The molecular weight excluding hydrogens is 146 g/mol. The molecule has 0 aliphatic carbocycles. The highest BCUT2D eigenvalue weighted by Crippen LogP contribution is 2.14. The van der Waals surface area contributed by atoms with Gasteiger partial charge in [-0.05, 0) is 19.4 Å². The summed E-state index contributed by atoms with van der Waals surface area (Å²) in [5, 5.41) is 17.9. The van der Waals surface area contributed by atoms with Gasteiger partial charge >= 0.3 is 0 Å². The predicted octanol–water partition coefficient (Wildman–Crippen LogP) is 0.408. The monoisotopic (exact) mass is 155 g/mol. The summed E-state index contributed by atoms with van der Waals surface area (Å²) in [5.41, 5.74) is 0.551. The second-order valence-electron chi connectivity index (χ2n) is 2.43. The van der Waals surface area contributed by atoms with Gasteiger partial charge in [-0.2, -0.15) is 0 Å². The molecule has 0 saturated heterocycles. The summed E-state index contributed by atoms with van der Waals surface area (Å²) >= 11 is 0. The fourth-order valence-electron chi connectivity index (χ4n) is 0.794. The number of aromatic nitrogens is 1. The third-order valence-electron chi connectivity index (χ3n) is 1.68. The molecule has 0 amide bonds. The zero-order chi connectivity index (χ0) is 8.59. The van der Waals surface area contributed by atoms with Crippen LogP contribution in [0.25, 0.3) is 0 Å². The van der Waals surface area contributed by atoms with Crippen LogP contribution >= 0.6 is 0 Å². The summed E-state index contributed by atoms with van der Waals surface area (Å²) in [6.07, 6.45) is 0. The number of nitrogens with zero attached hydrogens (tertiary/aromatic N) is 1. The normalized spacial score (nSPS) is 10.0. The van der Waals surface area contributed by atoms with Gasteiger partial charge in [0.25, 0.3) is 5.56 Å². The Hall–Kier alpha value is -1.45. The van der Waals surface area contributed by atoms with Gasteiger partial charge in [0.15, 0.2) is 0 Å². The van der Waals surface area contributed by atoms with Crippen LogP contribution in [0.2, 0.25) is 0 Å². The maximum absolute atomic E-state index is 10.8. The summed E-state index contributed by atoms with van der Waals surface area (Å²) in [5.74, 6) is -0.394. The molecule has 1 aromatic heterocycles. The molecule has 1 rings (SSSR count). The first kappa shape index (κ1) is 7.65. The third kappa shape index (κ3) is 1.07. The molecular formula is C7H9NO3. The van der Waals surface area contributed by atoms with E-state index in [0.717, 1.165) is 0 Å². The van der Waals surface area contributed by atoms with Crippen molar-refractivity contribution in [1.29, 1.82) is 0 Å². The Bertz CT molecular complexity index is 340. The quantitative estimate of drug-likeness (QED) is 0.533. The largest absolute Gasteiger partial charge is 0.492 e. The van der Waals surface area contributed by atoms with Crippen LogP contribution < -0.4 is 5.56 Å². The highest BCUT2D eigenvalue weighted by Gasteiger charge is 2.06. The minimum Gasteiger partial charge on any atom is -0.492 e. The van der Waals surface area contributed by atoms with E-state index in [1.54, 1.807) is 13.8 Å². The third-order valence-corrected chi connectivity index (χ3v) is 1.68. The molecule has 0 aromatic carbocycles. The standard InChI is InChI=1S/C7H9NO3/c1-4-3-6(9)8(11)7(10)5(4)2/h3,10-11H,1-2H3. The van der Waals surface area contributed by atoms with E-state index in [0.29, 0.717) is 11.1 Å². The smallest absolute Gasteiger partial charge is 0.286 e. The summed E-state index contributed by atoms with van der Waals surface area (Å²) in [6.45, 7) is 3.31. The van der Waals surface area contributed by atoms with Crippen molar-refractivity contribution >= 4 is 0 Å². The molecule has 4 nitrogen and oxygen atoms in total. The predicted molar refractivity (Wildman–Crippen MR) is 39.0 cm³/mol. The molecule has 0 unspecified atom stereocenters. The van der Waals surface area contributed by atoms with Crippen LogP contribution in [0, 0.1) is 13.8 Å². The van der Waals surface area contributed by atoms with Crippen LogP contribution in [0.3, 0.4) is 0 Å². The van der Waals surface area contributed by atoms with E-state index in [9.17, 15) is 4.79 Å². The molecule has 0 aliphatic rings. The first-order valence-electron chi connectivity index (χ1n) is 3.15. The Kier molecular flexibility index (Phi) is 1.60. The van der Waals surface area contributed by atoms with Gasteiger partial charge in [0.05, 0.1) is 0 Å². The maximum atomic E-state index is 10.8. The Morgan fingerprint density at radius 1 is 1.45 bits per heavy atom. The van der Waals surface area contributed by atoms with Crippen LogP contribution in [-0.4, -0.2) is 15.0 Å². The van der Waals surface area contributed by atoms with Crippen molar-refractivity contribution in [2.24, 2.45) is 0 Å². The first-order valence-corrected chi connectivity index (χ1v) is 3.15. The number of hydrogen-bond donors (Lipinski definition) is 2. The minimum absolute atomic E-state index is 0.225. The van der Waals surface area contributed by atoms with Gasteiger partial charge in [0.1, 0.15) is 0 Å². The molecule has 60 valence electrons. The second-order valence-corrected chi connectivity index (χ2v) is 2.43. The molecule has 0 atom stereocenters. The van der Waals surface area contributed by atoms with Gasteiger partial charge in [-0.15, -0.1) is 4.73 Å². The molecule has 0 aliphatic heterocycles. The summed E-state index contributed by atoms with van der Waals surface area (Å²) in [6, 6.07) is 1.26. The van der Waals surface area contributed by atoms with E-state index in [2.05, 4.69) is 0 Å². The second kappa shape index (κ2) is 2.30. The maximum Gasteiger partial charge on any atom is 0.286 e. The van der Waals surface area contributed by atoms with Crippen LogP contribution in [0.4, 0.5) is 0 Å². The van der Waals surface area contributed by atoms with E-state index in [1.807, 2.05) is 0 Å². The van der Waals surface area contributed by atoms with Crippen molar-refractivity contribution in [2.75, 3.05) is 0 Å². The first-order chi connectivity index (χ1) is 5.04. The average Bonchev–Trinajstić information content (AvgIpc) is 1.97. The van der Waals surface area contributed by atoms with Crippen LogP contribution in [-0.2, 0) is 0 Å². The molecule has 4 heteroatoms. The topological polar surface area (TPSA) is 62.5 Å². The van der Waals surface area contributed by atoms with E-state index < -0.39 is 11.4 Å². The lowest BCUT2D eigenvalue weighted by Gasteiger charge is -2.04. The van der Waals surface area contributed by atoms with Crippen molar-refractivity contribution in [3.05, 3.63) is 27.5 Å². The van der Waals surface area contributed by atoms with E-state index in [4.69, 9.17) is 10.3 Å². The lowest BCUT2D eigenvalue weighted by atomic mass is 10.2. The Balaban J connectivity index is 3.59. The fraction of sp³-hybridized carbons (Fsp3) is 0.286. The van der Waals surface area contributed by atoms with Gasteiger partial charge < -0.3 is 10.3 Å². The SMILES string of the molecule is Cc1cc(=O)n(O)c(O)c1C. The van der Waals surface area contributed by atoms with E-state index in [-0.39, 0.29) is 4.73 Å². The fourth-order valence-corrected chi connectivity index (χ4v) is 0.794. The summed E-state index contributed by atoms with van der Waals surface area (Å²) in [4.78, 5) is 10.8. The lowest BCUT2D eigenvalue weighted by molar-refractivity contribution is 0.142. The molecule has 0 saturated carbocycles. The van der Waals surface area contributed by atoms with E-state index in [1.165, 1.54) is 6.07 Å². The molecule has 11 heavy (non-hydrogen) atoms. The van der Waals surface area contributed by atoms with Crippen LogP contribution in [0.1, 0.15) is 11.1 Å². The van der Waals surface area contributed by atoms with Crippen molar-refractivity contribution in [2.45, 2.75) is 13.8 Å². The Morgan fingerprint density at radius 3 is 2.55 bits per heavy atom. The number of hydrogen-bond acceptors (Lipinski definition) is 3.